The van der Waals surface area contributed by atoms with E-state index in [2.05, 4.69) is 10.3 Å². The van der Waals surface area contributed by atoms with E-state index in [4.69, 9.17) is 9.52 Å². The number of rotatable bonds is 5. The average molecular weight is 282 g/mol. The van der Waals surface area contributed by atoms with E-state index in [1.54, 1.807) is 6.20 Å². The number of aliphatic carboxylic acids is 1. The van der Waals surface area contributed by atoms with E-state index >= 15 is 0 Å². The third-order valence-corrected chi connectivity index (χ3v) is 4.01. The second-order valence-electron chi connectivity index (χ2n) is 5.75. The lowest BCUT2D eigenvalue weighted by Gasteiger charge is -2.35. The van der Waals surface area contributed by atoms with Crippen LogP contribution in [0.25, 0.3) is 0 Å². The van der Waals surface area contributed by atoms with Gasteiger partial charge in [-0.25, -0.2) is 4.98 Å². The zero-order valence-corrected chi connectivity index (χ0v) is 11.9. The van der Waals surface area contributed by atoms with Crippen molar-refractivity contribution in [1.82, 2.24) is 10.3 Å². The first kappa shape index (κ1) is 15.0. The first-order valence-corrected chi connectivity index (χ1v) is 7.00. The number of carboxylic acid groups (broad SMARTS) is 1. The Morgan fingerprint density at radius 3 is 2.75 bits per heavy atom. The monoisotopic (exact) mass is 282 g/mol. The second-order valence-corrected chi connectivity index (χ2v) is 5.75. The number of aliphatic hydroxyl groups is 1. The number of nitrogens with zero attached hydrogens (tertiary/aromatic N) is 1. The predicted octanol–water partition coefficient (Wildman–Crippen LogP) is 1.64. The van der Waals surface area contributed by atoms with Crippen molar-refractivity contribution in [2.24, 2.45) is 5.92 Å². The van der Waals surface area contributed by atoms with Gasteiger partial charge in [-0.05, 0) is 39.5 Å². The van der Waals surface area contributed by atoms with Gasteiger partial charge < -0.3 is 19.9 Å². The highest BCUT2D eigenvalue weighted by molar-refractivity contribution is 5.70. The van der Waals surface area contributed by atoms with Gasteiger partial charge in [0, 0.05) is 6.54 Å². The fourth-order valence-corrected chi connectivity index (χ4v) is 2.58. The molecule has 0 radical (unpaired) electrons. The van der Waals surface area contributed by atoms with Gasteiger partial charge in [-0.3, -0.25) is 4.79 Å². The summed E-state index contributed by atoms with van der Waals surface area (Å²) in [7, 11) is 0. The summed E-state index contributed by atoms with van der Waals surface area (Å²) >= 11 is 0. The van der Waals surface area contributed by atoms with Crippen molar-refractivity contribution in [3.63, 3.8) is 0 Å². The quantitative estimate of drug-likeness (QED) is 0.760. The molecule has 6 heteroatoms. The Morgan fingerprint density at radius 2 is 2.25 bits per heavy atom. The van der Waals surface area contributed by atoms with Crippen LogP contribution in [-0.4, -0.2) is 33.3 Å². The molecule has 20 heavy (non-hydrogen) atoms. The van der Waals surface area contributed by atoms with E-state index in [1.807, 2.05) is 13.8 Å². The molecule has 1 aliphatic rings. The number of hydrogen-bond acceptors (Lipinski definition) is 5. The maximum absolute atomic E-state index is 10.9. The Morgan fingerprint density at radius 1 is 1.60 bits per heavy atom. The average Bonchev–Trinajstić information content (AvgIpc) is 2.83. The van der Waals surface area contributed by atoms with Gasteiger partial charge in [-0.2, -0.15) is 0 Å². The van der Waals surface area contributed by atoms with Crippen LogP contribution in [0, 0.1) is 12.8 Å². The minimum Gasteiger partial charge on any atom is -0.481 e. The summed E-state index contributed by atoms with van der Waals surface area (Å²) in [6.45, 7) is 4.18. The van der Waals surface area contributed by atoms with E-state index in [0.717, 1.165) is 5.76 Å². The first-order valence-electron chi connectivity index (χ1n) is 7.00. The SMILES string of the molecule is Cc1cnc(C(C)NCC2(O)CCC(C(=O)O)CC2)o1. The van der Waals surface area contributed by atoms with Gasteiger partial charge in [0.2, 0.25) is 5.89 Å². The smallest absolute Gasteiger partial charge is 0.306 e. The molecule has 1 aromatic heterocycles. The van der Waals surface area contributed by atoms with E-state index in [0.29, 0.717) is 38.1 Å². The number of carboxylic acids is 1. The summed E-state index contributed by atoms with van der Waals surface area (Å²) in [5.74, 6) is 0.283. The fourth-order valence-electron chi connectivity index (χ4n) is 2.58. The molecular formula is C14H22N2O4. The molecule has 0 bridgehead atoms. The molecule has 2 rings (SSSR count). The number of carbonyl (C=O) groups is 1. The molecule has 0 saturated heterocycles. The molecule has 0 spiro atoms. The largest absolute Gasteiger partial charge is 0.481 e. The van der Waals surface area contributed by atoms with Crippen molar-refractivity contribution in [2.45, 2.75) is 51.2 Å². The van der Waals surface area contributed by atoms with Crippen LogP contribution in [0.4, 0.5) is 0 Å². The van der Waals surface area contributed by atoms with Gasteiger partial charge in [0.1, 0.15) is 5.76 Å². The molecule has 1 saturated carbocycles. The Hall–Kier alpha value is -1.40. The van der Waals surface area contributed by atoms with Crippen molar-refractivity contribution in [3.8, 4) is 0 Å². The molecule has 1 unspecified atom stereocenters. The van der Waals surface area contributed by atoms with Crippen molar-refractivity contribution in [2.75, 3.05) is 6.54 Å². The number of aromatic nitrogens is 1. The molecule has 112 valence electrons. The van der Waals surface area contributed by atoms with Gasteiger partial charge in [0.25, 0.3) is 0 Å². The molecule has 6 nitrogen and oxygen atoms in total. The molecule has 0 amide bonds. The highest BCUT2D eigenvalue weighted by atomic mass is 16.4. The molecule has 1 fully saturated rings. The number of hydrogen-bond donors (Lipinski definition) is 3. The normalized spacial score (nSPS) is 28.2. The summed E-state index contributed by atoms with van der Waals surface area (Å²) < 4.78 is 5.43. The lowest BCUT2D eigenvalue weighted by atomic mass is 9.78. The zero-order chi connectivity index (χ0) is 14.8. The van der Waals surface area contributed by atoms with Crippen LogP contribution in [0.5, 0.6) is 0 Å². The van der Waals surface area contributed by atoms with Gasteiger partial charge in [0.15, 0.2) is 0 Å². The molecule has 0 aromatic carbocycles. The summed E-state index contributed by atoms with van der Waals surface area (Å²) in [5, 5.41) is 22.6. The van der Waals surface area contributed by atoms with Crippen LogP contribution in [0.2, 0.25) is 0 Å². The molecule has 1 aromatic rings. The number of oxazole rings is 1. The Bertz CT molecular complexity index is 463. The Labute approximate surface area is 118 Å². The third kappa shape index (κ3) is 3.58. The fraction of sp³-hybridized carbons (Fsp3) is 0.714. The Kier molecular flexibility index (Phi) is 4.45. The van der Waals surface area contributed by atoms with Gasteiger partial charge >= 0.3 is 5.97 Å². The third-order valence-electron chi connectivity index (χ3n) is 4.01. The van der Waals surface area contributed by atoms with Crippen LogP contribution < -0.4 is 5.32 Å². The highest BCUT2D eigenvalue weighted by Gasteiger charge is 2.35. The van der Waals surface area contributed by atoms with Crippen LogP contribution >= 0.6 is 0 Å². The summed E-state index contributed by atoms with van der Waals surface area (Å²) in [6, 6.07) is -0.0788. The summed E-state index contributed by atoms with van der Waals surface area (Å²) in [4.78, 5) is 15.0. The van der Waals surface area contributed by atoms with Gasteiger partial charge in [-0.15, -0.1) is 0 Å². The topological polar surface area (TPSA) is 95.6 Å². The minimum atomic E-state index is -0.832. The molecule has 0 aliphatic heterocycles. The number of nitrogens with one attached hydrogen (secondary N) is 1. The molecule has 1 heterocycles. The van der Waals surface area contributed by atoms with Crippen LogP contribution in [0.15, 0.2) is 10.6 Å². The van der Waals surface area contributed by atoms with E-state index in [-0.39, 0.29) is 12.0 Å². The van der Waals surface area contributed by atoms with Gasteiger partial charge in [0.05, 0.1) is 23.8 Å². The molecule has 1 aliphatic carbocycles. The van der Waals surface area contributed by atoms with Crippen molar-refractivity contribution in [3.05, 3.63) is 17.8 Å². The number of aryl methyl sites for hydroxylation is 1. The van der Waals surface area contributed by atoms with Crippen molar-refractivity contribution >= 4 is 5.97 Å². The maximum Gasteiger partial charge on any atom is 0.306 e. The lowest BCUT2D eigenvalue weighted by molar-refractivity contribution is -0.144. The second kappa shape index (κ2) is 5.93. The zero-order valence-electron chi connectivity index (χ0n) is 11.9. The first-order chi connectivity index (χ1) is 9.39. The van der Waals surface area contributed by atoms with Crippen molar-refractivity contribution in [1.29, 1.82) is 0 Å². The highest BCUT2D eigenvalue weighted by Crippen LogP contribution is 2.32. The van der Waals surface area contributed by atoms with Crippen LogP contribution in [-0.2, 0) is 4.79 Å². The summed E-state index contributed by atoms with van der Waals surface area (Å²) in [5.41, 5.74) is -0.832. The van der Waals surface area contributed by atoms with Crippen molar-refractivity contribution < 1.29 is 19.4 Å². The molecule has 1 atom stereocenters. The predicted molar refractivity (Wildman–Crippen MR) is 72.2 cm³/mol. The van der Waals surface area contributed by atoms with Crippen LogP contribution in [0.1, 0.15) is 50.3 Å². The van der Waals surface area contributed by atoms with E-state index in [1.165, 1.54) is 0 Å². The van der Waals surface area contributed by atoms with E-state index in [9.17, 15) is 9.90 Å². The summed E-state index contributed by atoms with van der Waals surface area (Å²) in [6.07, 6.45) is 3.74. The molecule has 3 N–H and O–H groups in total. The molecular weight excluding hydrogens is 260 g/mol. The standard InChI is InChI=1S/C14H22N2O4/c1-9-7-15-12(20-9)10(2)16-8-14(19)5-3-11(4-6-14)13(17)18/h7,10-11,16,19H,3-6,8H2,1-2H3,(H,17,18). The van der Waals surface area contributed by atoms with Crippen LogP contribution in [0.3, 0.4) is 0 Å². The van der Waals surface area contributed by atoms with Gasteiger partial charge in [-0.1, -0.05) is 0 Å². The lowest BCUT2D eigenvalue weighted by Crippen LogP contribution is -2.45. The Balaban J connectivity index is 1.83. The van der Waals surface area contributed by atoms with E-state index < -0.39 is 11.6 Å². The maximum atomic E-state index is 10.9. The minimum absolute atomic E-state index is 0.0788.